The van der Waals surface area contributed by atoms with Crippen LogP contribution in [-0.2, 0) is 4.79 Å². The number of hydrogen-bond donors (Lipinski definition) is 1. The normalized spacial score (nSPS) is 21.8. The Balaban J connectivity index is 1.89. The molecule has 2 unspecified atom stereocenters. The zero-order valence-electron chi connectivity index (χ0n) is 9.83. The molecule has 0 aliphatic heterocycles. The summed E-state index contributed by atoms with van der Waals surface area (Å²) < 4.78 is 5.49. The molecule has 18 heavy (non-hydrogen) atoms. The zero-order valence-corrected chi connectivity index (χ0v) is 9.83. The van der Waals surface area contributed by atoms with E-state index in [0.29, 0.717) is 23.7 Å². The van der Waals surface area contributed by atoms with Crippen molar-refractivity contribution in [3.05, 3.63) is 36.0 Å². The smallest absolute Gasteiger partial charge is 0.307 e. The van der Waals surface area contributed by atoms with Crippen LogP contribution < -0.4 is 0 Å². The largest absolute Gasteiger partial charge is 0.481 e. The number of carboxylic acid groups (broad SMARTS) is 1. The van der Waals surface area contributed by atoms with Crippen LogP contribution in [0.4, 0.5) is 0 Å². The highest BCUT2D eigenvalue weighted by atomic mass is 16.4. The van der Waals surface area contributed by atoms with Crippen LogP contribution in [0.5, 0.6) is 0 Å². The summed E-state index contributed by atoms with van der Waals surface area (Å²) >= 11 is 0. The van der Waals surface area contributed by atoms with E-state index in [9.17, 15) is 4.79 Å². The molecule has 2 atom stereocenters. The topological polar surface area (TPSA) is 76.2 Å². The molecule has 1 aliphatic rings. The maximum atomic E-state index is 10.8. The van der Waals surface area contributed by atoms with E-state index in [1.165, 1.54) is 0 Å². The number of carboxylic acids is 1. The minimum absolute atomic E-state index is 0.0569. The highest BCUT2D eigenvalue weighted by Gasteiger charge is 2.46. The molecule has 1 N–H and O–H groups in total. The minimum atomic E-state index is -0.775. The van der Waals surface area contributed by atoms with Gasteiger partial charge in [0.25, 0.3) is 0 Å². The molecule has 1 saturated carbocycles. The number of furan rings is 1. The van der Waals surface area contributed by atoms with Gasteiger partial charge in [-0.3, -0.25) is 4.79 Å². The molecule has 2 aromatic rings. The van der Waals surface area contributed by atoms with Crippen LogP contribution in [0.3, 0.4) is 0 Å². The van der Waals surface area contributed by atoms with Crippen molar-refractivity contribution < 1.29 is 14.3 Å². The van der Waals surface area contributed by atoms with Crippen molar-refractivity contribution in [1.82, 2.24) is 9.97 Å². The van der Waals surface area contributed by atoms with Gasteiger partial charge in [0.15, 0.2) is 5.76 Å². The maximum Gasteiger partial charge on any atom is 0.307 e. The van der Waals surface area contributed by atoms with Crippen molar-refractivity contribution in [2.75, 3.05) is 0 Å². The Labute approximate surface area is 103 Å². The highest BCUT2D eigenvalue weighted by Crippen LogP contribution is 2.46. The van der Waals surface area contributed by atoms with Gasteiger partial charge in [-0.25, -0.2) is 9.97 Å². The van der Waals surface area contributed by atoms with Gasteiger partial charge in [-0.2, -0.15) is 0 Å². The first-order chi connectivity index (χ1) is 8.65. The van der Waals surface area contributed by atoms with Gasteiger partial charge in [0, 0.05) is 12.1 Å². The Morgan fingerprint density at radius 2 is 2.28 bits per heavy atom. The molecule has 3 rings (SSSR count). The quantitative estimate of drug-likeness (QED) is 0.895. The number of aromatic nitrogens is 2. The molecule has 92 valence electrons. The molecule has 0 spiro atoms. The van der Waals surface area contributed by atoms with Gasteiger partial charge in [-0.05, 0) is 31.5 Å². The molecule has 0 aromatic carbocycles. The summed E-state index contributed by atoms with van der Waals surface area (Å²) in [5.41, 5.74) is 0.698. The molecule has 5 nitrogen and oxygen atoms in total. The molecule has 2 aromatic heterocycles. The lowest BCUT2D eigenvalue weighted by Gasteiger charge is -2.00. The van der Waals surface area contributed by atoms with Gasteiger partial charge < -0.3 is 9.52 Å². The lowest BCUT2D eigenvalue weighted by molar-refractivity contribution is -0.138. The molecular formula is C13H12N2O3. The van der Waals surface area contributed by atoms with Crippen LogP contribution in [0.2, 0.25) is 0 Å². The molecule has 0 amide bonds. The molecule has 0 bridgehead atoms. The van der Waals surface area contributed by atoms with E-state index in [1.54, 1.807) is 12.3 Å². The first-order valence-electron chi connectivity index (χ1n) is 5.77. The van der Waals surface area contributed by atoms with E-state index >= 15 is 0 Å². The van der Waals surface area contributed by atoms with Gasteiger partial charge >= 0.3 is 5.97 Å². The third-order valence-corrected chi connectivity index (χ3v) is 3.11. The lowest BCUT2D eigenvalue weighted by atomic mass is 10.2. The van der Waals surface area contributed by atoms with E-state index in [0.717, 1.165) is 5.76 Å². The predicted octanol–water partition coefficient (Wildman–Crippen LogP) is 2.23. The third-order valence-electron chi connectivity index (χ3n) is 3.11. The zero-order chi connectivity index (χ0) is 12.7. The summed E-state index contributed by atoms with van der Waals surface area (Å²) in [6.45, 7) is 1.87. The molecule has 2 heterocycles. The summed E-state index contributed by atoms with van der Waals surface area (Å²) in [6, 6.07) is 5.48. The third kappa shape index (κ3) is 1.88. The van der Waals surface area contributed by atoms with E-state index in [2.05, 4.69) is 9.97 Å². The SMILES string of the molecule is Cc1ccc(-c2ccnc(C3CC3C(=O)O)n2)o1. The molecule has 5 heteroatoms. The summed E-state index contributed by atoms with van der Waals surface area (Å²) in [7, 11) is 0. The van der Waals surface area contributed by atoms with Crippen molar-refractivity contribution in [2.24, 2.45) is 5.92 Å². The molecule has 1 aliphatic carbocycles. The monoisotopic (exact) mass is 244 g/mol. The molecule has 0 saturated heterocycles. The van der Waals surface area contributed by atoms with Gasteiger partial charge in [0.2, 0.25) is 0 Å². The van der Waals surface area contributed by atoms with Gasteiger partial charge in [0.05, 0.1) is 5.92 Å². The lowest BCUT2D eigenvalue weighted by Crippen LogP contribution is -2.01. The van der Waals surface area contributed by atoms with Gasteiger partial charge in [0.1, 0.15) is 17.3 Å². The second-order valence-corrected chi connectivity index (χ2v) is 4.50. The van der Waals surface area contributed by atoms with Crippen molar-refractivity contribution in [3.63, 3.8) is 0 Å². The number of hydrogen-bond acceptors (Lipinski definition) is 4. The number of aryl methyl sites for hydroxylation is 1. The van der Waals surface area contributed by atoms with Crippen LogP contribution in [0.15, 0.2) is 28.8 Å². The number of rotatable bonds is 3. The van der Waals surface area contributed by atoms with E-state index in [-0.39, 0.29) is 11.8 Å². The van der Waals surface area contributed by atoms with E-state index in [1.807, 2.05) is 19.1 Å². The predicted molar refractivity (Wildman–Crippen MR) is 63.0 cm³/mol. The van der Waals surface area contributed by atoms with Gasteiger partial charge in [-0.15, -0.1) is 0 Å². The maximum absolute atomic E-state index is 10.8. The number of carbonyl (C=O) groups is 1. The first kappa shape index (κ1) is 11.0. The van der Waals surface area contributed by atoms with Crippen molar-refractivity contribution >= 4 is 5.97 Å². The summed E-state index contributed by atoms with van der Waals surface area (Å²) in [6.07, 6.45) is 2.27. The van der Waals surface area contributed by atoms with Crippen LogP contribution in [0.25, 0.3) is 11.5 Å². The minimum Gasteiger partial charge on any atom is -0.481 e. The number of aliphatic carboxylic acids is 1. The van der Waals surface area contributed by atoms with E-state index < -0.39 is 5.97 Å². The standard InChI is InChI=1S/C13H12N2O3/c1-7-2-3-11(18-7)10-4-5-14-12(15-10)8-6-9(8)13(16)17/h2-5,8-9H,6H2,1H3,(H,16,17). The van der Waals surface area contributed by atoms with Crippen LogP contribution in [-0.4, -0.2) is 21.0 Å². The first-order valence-corrected chi connectivity index (χ1v) is 5.77. The molecule has 1 fully saturated rings. The van der Waals surface area contributed by atoms with Crippen LogP contribution in [0, 0.1) is 12.8 Å². The Morgan fingerprint density at radius 3 is 2.89 bits per heavy atom. The van der Waals surface area contributed by atoms with Crippen molar-refractivity contribution in [3.8, 4) is 11.5 Å². The summed E-state index contributed by atoms with van der Waals surface area (Å²) in [5, 5.41) is 8.90. The van der Waals surface area contributed by atoms with Crippen LogP contribution >= 0.6 is 0 Å². The molecule has 0 radical (unpaired) electrons. The van der Waals surface area contributed by atoms with Crippen molar-refractivity contribution in [2.45, 2.75) is 19.3 Å². The fourth-order valence-electron chi connectivity index (χ4n) is 2.02. The Morgan fingerprint density at radius 1 is 1.44 bits per heavy atom. The summed E-state index contributed by atoms with van der Waals surface area (Å²) in [5.74, 6) is 0.928. The van der Waals surface area contributed by atoms with Crippen LogP contribution in [0.1, 0.15) is 23.9 Å². The Hall–Kier alpha value is -2.17. The average molecular weight is 244 g/mol. The second kappa shape index (κ2) is 3.94. The van der Waals surface area contributed by atoms with Gasteiger partial charge in [-0.1, -0.05) is 0 Å². The van der Waals surface area contributed by atoms with E-state index in [4.69, 9.17) is 9.52 Å². The highest BCUT2D eigenvalue weighted by molar-refractivity contribution is 5.74. The second-order valence-electron chi connectivity index (χ2n) is 4.50. The Kier molecular flexibility index (Phi) is 2.40. The molecular weight excluding hydrogens is 232 g/mol. The summed E-state index contributed by atoms with van der Waals surface area (Å²) in [4.78, 5) is 19.4. The number of nitrogens with zero attached hydrogens (tertiary/aromatic N) is 2. The Bertz CT molecular complexity index is 606. The van der Waals surface area contributed by atoms with Crippen molar-refractivity contribution in [1.29, 1.82) is 0 Å². The fraction of sp³-hybridized carbons (Fsp3) is 0.308. The fourth-order valence-corrected chi connectivity index (χ4v) is 2.02. The average Bonchev–Trinajstić information content (AvgIpc) is 3.06.